The molecular formula is C4H12OZr. The quantitative estimate of drug-likeness (QED) is 0.540. The van der Waals surface area contributed by atoms with Crippen LogP contribution in [0.1, 0.15) is 0 Å². The van der Waals surface area contributed by atoms with Crippen molar-refractivity contribution in [2.24, 2.45) is 0 Å². The van der Waals surface area contributed by atoms with E-state index in [1.165, 1.54) is 0 Å². The molecule has 0 heterocycles. The molecule has 0 aliphatic carbocycles. The zero-order chi connectivity index (χ0) is 5.45. The molecule has 0 saturated carbocycles. The maximum atomic E-state index is 10.9. The number of hydrogen-bond acceptors (Lipinski definition) is 1. The van der Waals surface area contributed by atoms with Crippen LogP contribution in [0.3, 0.4) is 0 Å². The Kier molecular flexibility index (Phi) is 1.22. The van der Waals surface area contributed by atoms with Crippen molar-refractivity contribution >= 4 is 0 Å². The van der Waals surface area contributed by atoms with E-state index in [-0.39, 0.29) is 0 Å². The van der Waals surface area contributed by atoms with Gasteiger partial charge < -0.3 is 0 Å². The molecule has 2 heteroatoms. The molecule has 0 radical (unpaired) electrons. The van der Waals surface area contributed by atoms with Gasteiger partial charge in [-0.15, -0.1) is 0 Å². The fourth-order valence-electron chi connectivity index (χ4n) is 0. The SMILES string of the molecule is [CH3][Zr]([CH3])([CH3])([CH3])=[O]. The van der Waals surface area contributed by atoms with E-state index in [0.717, 1.165) is 0 Å². The predicted molar refractivity (Wildman–Crippen MR) is 24.1 cm³/mol. The first-order valence-electron chi connectivity index (χ1n) is 2.20. The molecule has 0 aromatic carbocycles. The molecule has 0 unspecified atom stereocenters. The van der Waals surface area contributed by atoms with Crippen molar-refractivity contribution in [2.75, 3.05) is 0 Å². The van der Waals surface area contributed by atoms with Crippen molar-refractivity contribution in [3.05, 3.63) is 0 Å². The van der Waals surface area contributed by atoms with E-state index in [4.69, 9.17) is 0 Å². The molecule has 0 N–H and O–H groups in total. The van der Waals surface area contributed by atoms with Gasteiger partial charge >= 0.3 is 40.1 Å². The maximum absolute atomic E-state index is 10.9. The summed E-state index contributed by atoms with van der Waals surface area (Å²) in [6, 6.07) is 0. The second-order valence-corrected chi connectivity index (χ2v) is 22.6. The molecule has 0 saturated heterocycles. The molecule has 0 rings (SSSR count). The third kappa shape index (κ3) is 136. The summed E-state index contributed by atoms with van der Waals surface area (Å²) < 4.78 is 18.3. The Morgan fingerprint density at radius 3 is 1.00 bits per heavy atom. The van der Waals surface area contributed by atoms with Crippen LogP contribution in [0, 0.1) is 0 Å². The normalized spacial score (nSPS) is 14.8. The topological polar surface area (TPSA) is 17.1 Å². The van der Waals surface area contributed by atoms with Crippen LogP contribution in [-0.4, -0.2) is 0 Å². The summed E-state index contributed by atoms with van der Waals surface area (Å²) >= 11 is -3.01. The molecule has 0 aromatic rings. The summed E-state index contributed by atoms with van der Waals surface area (Å²) in [6.07, 6.45) is 0. The Morgan fingerprint density at radius 1 is 1.00 bits per heavy atom. The first-order valence-corrected chi connectivity index (χ1v) is 13.0. The van der Waals surface area contributed by atoms with Gasteiger partial charge in [0.1, 0.15) is 0 Å². The molecule has 0 aromatic heterocycles. The number of rotatable bonds is 0. The van der Waals surface area contributed by atoms with Crippen molar-refractivity contribution in [2.45, 2.75) is 18.5 Å². The van der Waals surface area contributed by atoms with E-state index in [1.54, 1.807) is 0 Å². The van der Waals surface area contributed by atoms with E-state index in [2.05, 4.69) is 0 Å². The van der Waals surface area contributed by atoms with Crippen LogP contribution >= 0.6 is 0 Å². The van der Waals surface area contributed by atoms with Gasteiger partial charge in [0.2, 0.25) is 0 Å². The second kappa shape index (κ2) is 1.09. The average Bonchev–Trinajstić information content (AvgIpc) is 0.650. The van der Waals surface area contributed by atoms with Gasteiger partial charge in [-0.25, -0.2) is 0 Å². The molecule has 0 aliphatic rings. The van der Waals surface area contributed by atoms with Gasteiger partial charge in [-0.1, -0.05) is 0 Å². The van der Waals surface area contributed by atoms with E-state index < -0.39 is 18.8 Å². The summed E-state index contributed by atoms with van der Waals surface area (Å²) in [5, 5.41) is 0. The molecule has 0 bridgehead atoms. The van der Waals surface area contributed by atoms with Gasteiger partial charge in [0.15, 0.2) is 0 Å². The Labute approximate surface area is 40.3 Å². The predicted octanol–water partition coefficient (Wildman–Crippen LogP) is 2.21. The van der Waals surface area contributed by atoms with Crippen LogP contribution in [0.15, 0.2) is 0 Å². The van der Waals surface area contributed by atoms with Gasteiger partial charge in [0.05, 0.1) is 0 Å². The van der Waals surface area contributed by atoms with E-state index >= 15 is 0 Å². The van der Waals surface area contributed by atoms with Crippen molar-refractivity contribution in [1.29, 1.82) is 0 Å². The van der Waals surface area contributed by atoms with Crippen molar-refractivity contribution in [1.82, 2.24) is 0 Å². The first kappa shape index (κ1) is 6.68. The van der Waals surface area contributed by atoms with E-state index in [0.29, 0.717) is 0 Å². The van der Waals surface area contributed by atoms with Crippen molar-refractivity contribution < 1.29 is 21.6 Å². The minimum absolute atomic E-state index is 1.86. The first-order chi connectivity index (χ1) is 2.24. The summed E-state index contributed by atoms with van der Waals surface area (Å²) in [4.78, 5) is 0. The molecule has 6 heavy (non-hydrogen) atoms. The Bertz CT molecular complexity index is 85.2. The third-order valence-electron chi connectivity index (χ3n) is 0. The molecule has 38 valence electrons. The number of hydrogen-bond donors (Lipinski definition) is 0. The average molecular weight is 167 g/mol. The van der Waals surface area contributed by atoms with Crippen molar-refractivity contribution in [3.63, 3.8) is 0 Å². The van der Waals surface area contributed by atoms with Gasteiger partial charge in [-0.05, 0) is 0 Å². The Morgan fingerprint density at radius 2 is 1.00 bits per heavy atom. The fourth-order valence-corrected chi connectivity index (χ4v) is 0. The van der Waals surface area contributed by atoms with Gasteiger partial charge in [0, 0.05) is 0 Å². The fraction of sp³-hybridized carbons (Fsp3) is 1.00. The standard InChI is InChI=1S/4CH3.O.Zr/h4*1H3;;. The van der Waals surface area contributed by atoms with E-state index in [9.17, 15) is 2.81 Å². The molecule has 0 spiro atoms. The van der Waals surface area contributed by atoms with Crippen LogP contribution in [-0.2, 0) is 21.6 Å². The molecule has 0 atom stereocenters. The molecule has 0 fully saturated rings. The van der Waals surface area contributed by atoms with Crippen LogP contribution in [0.4, 0.5) is 0 Å². The monoisotopic (exact) mass is 166 g/mol. The minimum atomic E-state index is -3.01. The summed E-state index contributed by atoms with van der Waals surface area (Å²) in [5.41, 5.74) is 0. The van der Waals surface area contributed by atoms with Crippen molar-refractivity contribution in [3.8, 4) is 0 Å². The Balaban J connectivity index is 4.16. The van der Waals surface area contributed by atoms with Gasteiger partial charge in [-0.3, -0.25) is 0 Å². The molecule has 0 aliphatic heterocycles. The van der Waals surface area contributed by atoms with Crippen LogP contribution in [0.5, 0.6) is 0 Å². The molecular weight excluding hydrogens is 155 g/mol. The van der Waals surface area contributed by atoms with E-state index in [1.807, 2.05) is 18.5 Å². The van der Waals surface area contributed by atoms with Gasteiger partial charge in [0.25, 0.3) is 0 Å². The summed E-state index contributed by atoms with van der Waals surface area (Å²) in [7, 11) is 0. The van der Waals surface area contributed by atoms with Crippen LogP contribution in [0.2, 0.25) is 18.5 Å². The summed E-state index contributed by atoms with van der Waals surface area (Å²) in [6.45, 7) is 0. The molecule has 0 amide bonds. The van der Waals surface area contributed by atoms with Gasteiger partial charge in [-0.2, -0.15) is 0 Å². The second-order valence-electron chi connectivity index (χ2n) is 3.82. The zero-order valence-corrected chi connectivity index (χ0v) is 7.37. The molecule has 1 nitrogen and oxygen atoms in total. The Hall–Kier alpha value is 0.683. The zero-order valence-electron chi connectivity index (χ0n) is 4.91. The van der Waals surface area contributed by atoms with Crippen LogP contribution in [0.25, 0.3) is 0 Å². The summed E-state index contributed by atoms with van der Waals surface area (Å²) in [5.74, 6) is 0. The third-order valence-corrected chi connectivity index (χ3v) is 0. The van der Waals surface area contributed by atoms with Crippen LogP contribution < -0.4 is 0 Å².